The van der Waals surface area contributed by atoms with E-state index in [1.54, 1.807) is 23.1 Å². The summed E-state index contributed by atoms with van der Waals surface area (Å²) in [7, 11) is 0. The van der Waals surface area contributed by atoms with Crippen LogP contribution in [0.25, 0.3) is 22.2 Å². The van der Waals surface area contributed by atoms with Crippen LogP contribution in [0.4, 0.5) is 0 Å². The van der Waals surface area contributed by atoms with E-state index in [0.717, 1.165) is 34.0 Å². The number of rotatable bonds is 6. The highest BCUT2D eigenvalue weighted by Gasteiger charge is 2.16. The first-order valence-corrected chi connectivity index (χ1v) is 11.1. The maximum Gasteiger partial charge on any atom is 0.200 e. The summed E-state index contributed by atoms with van der Waals surface area (Å²) in [6.07, 6.45) is 0. The van der Waals surface area contributed by atoms with E-state index in [1.807, 2.05) is 12.1 Å². The lowest BCUT2D eigenvalue weighted by Gasteiger charge is -2.05. The van der Waals surface area contributed by atoms with Gasteiger partial charge in [0.2, 0.25) is 5.82 Å². The van der Waals surface area contributed by atoms with E-state index in [4.69, 9.17) is 9.40 Å². The molecular weight excluding hydrogens is 444 g/mol. The van der Waals surface area contributed by atoms with Crippen molar-refractivity contribution in [3.05, 3.63) is 57.7 Å². The molecule has 0 unspecified atom stereocenters. The fourth-order valence-electron chi connectivity index (χ4n) is 2.75. The highest BCUT2D eigenvalue weighted by molar-refractivity contribution is 9.10. The number of thiazole rings is 1. The Morgan fingerprint density at radius 3 is 2.78 bits per heavy atom. The van der Waals surface area contributed by atoms with Crippen LogP contribution in [0.5, 0.6) is 0 Å². The second kappa shape index (κ2) is 8.00. The SMILES string of the molecule is CCn1c(SCc2csc(-c3ccccc3C)n2)nnc1-c1ccc(Br)o1. The normalized spacial score (nSPS) is 11.2. The van der Waals surface area contributed by atoms with Crippen molar-refractivity contribution in [2.75, 3.05) is 0 Å². The molecule has 1 aromatic carbocycles. The van der Waals surface area contributed by atoms with Crippen LogP contribution in [0.3, 0.4) is 0 Å². The van der Waals surface area contributed by atoms with Crippen molar-refractivity contribution in [1.29, 1.82) is 0 Å². The maximum absolute atomic E-state index is 5.63. The third kappa shape index (κ3) is 3.88. The summed E-state index contributed by atoms with van der Waals surface area (Å²) in [6.45, 7) is 4.96. The highest BCUT2D eigenvalue weighted by Crippen LogP contribution is 2.31. The van der Waals surface area contributed by atoms with Crippen LogP contribution in [0.1, 0.15) is 18.2 Å². The van der Waals surface area contributed by atoms with E-state index in [-0.39, 0.29) is 0 Å². The lowest BCUT2D eigenvalue weighted by atomic mass is 10.1. The molecule has 0 saturated heterocycles. The summed E-state index contributed by atoms with van der Waals surface area (Å²) >= 11 is 6.65. The van der Waals surface area contributed by atoms with E-state index >= 15 is 0 Å². The minimum atomic E-state index is 0.684. The second-order valence-corrected chi connectivity index (χ2v) is 8.48. The molecule has 8 heteroatoms. The molecule has 0 aliphatic rings. The molecule has 0 atom stereocenters. The number of aromatic nitrogens is 4. The Labute approximate surface area is 174 Å². The number of furan rings is 1. The number of benzene rings is 1. The van der Waals surface area contributed by atoms with Crippen molar-refractivity contribution < 1.29 is 4.42 Å². The average Bonchev–Trinajstić information content (AvgIpc) is 3.39. The van der Waals surface area contributed by atoms with Crippen molar-refractivity contribution in [3.63, 3.8) is 0 Å². The molecule has 0 saturated carbocycles. The lowest BCUT2D eigenvalue weighted by Crippen LogP contribution is -1.99. The van der Waals surface area contributed by atoms with Crippen molar-refractivity contribution in [3.8, 4) is 22.2 Å². The molecule has 4 aromatic rings. The number of hydrogen-bond donors (Lipinski definition) is 0. The van der Waals surface area contributed by atoms with E-state index in [1.165, 1.54) is 11.1 Å². The Hall–Kier alpha value is -1.90. The number of thioether (sulfide) groups is 1. The minimum absolute atomic E-state index is 0.684. The molecule has 3 aromatic heterocycles. The van der Waals surface area contributed by atoms with Crippen LogP contribution in [0.2, 0.25) is 0 Å². The van der Waals surface area contributed by atoms with Gasteiger partial charge in [-0.05, 0) is 47.5 Å². The van der Waals surface area contributed by atoms with Crippen LogP contribution in [0, 0.1) is 6.92 Å². The van der Waals surface area contributed by atoms with Gasteiger partial charge in [-0.2, -0.15) is 0 Å². The number of hydrogen-bond acceptors (Lipinski definition) is 6. The van der Waals surface area contributed by atoms with Gasteiger partial charge in [-0.15, -0.1) is 21.5 Å². The van der Waals surface area contributed by atoms with Crippen LogP contribution in [0.15, 0.2) is 56.0 Å². The van der Waals surface area contributed by atoms with Crippen molar-refractivity contribution in [1.82, 2.24) is 19.7 Å². The van der Waals surface area contributed by atoms with Crippen molar-refractivity contribution in [2.24, 2.45) is 0 Å². The topological polar surface area (TPSA) is 56.7 Å². The Kier molecular flexibility index (Phi) is 5.47. The minimum Gasteiger partial charge on any atom is -0.446 e. The van der Waals surface area contributed by atoms with Gasteiger partial charge >= 0.3 is 0 Å². The molecule has 5 nitrogen and oxygen atoms in total. The summed E-state index contributed by atoms with van der Waals surface area (Å²) in [5.41, 5.74) is 3.49. The first-order valence-electron chi connectivity index (χ1n) is 8.48. The molecule has 0 amide bonds. The maximum atomic E-state index is 5.63. The summed E-state index contributed by atoms with van der Waals surface area (Å²) < 4.78 is 8.37. The quantitative estimate of drug-likeness (QED) is 0.328. The second-order valence-electron chi connectivity index (χ2n) is 5.90. The third-order valence-electron chi connectivity index (χ3n) is 4.10. The molecule has 27 heavy (non-hydrogen) atoms. The lowest BCUT2D eigenvalue weighted by molar-refractivity contribution is 0.543. The standard InChI is InChI=1S/C19H17BrN4OS2/c1-3-24-17(15-8-9-16(20)25-15)22-23-19(24)27-11-13-10-26-18(21-13)14-7-5-4-6-12(14)2/h4-10H,3,11H2,1-2H3. The molecule has 0 aliphatic heterocycles. The molecule has 0 aliphatic carbocycles. The molecular formula is C19H17BrN4OS2. The Balaban J connectivity index is 1.51. The number of aryl methyl sites for hydroxylation is 1. The van der Waals surface area contributed by atoms with Gasteiger partial charge in [0.15, 0.2) is 15.6 Å². The predicted molar refractivity (Wildman–Crippen MR) is 113 cm³/mol. The first-order chi connectivity index (χ1) is 13.2. The largest absolute Gasteiger partial charge is 0.446 e. The molecule has 138 valence electrons. The van der Waals surface area contributed by atoms with Gasteiger partial charge in [-0.1, -0.05) is 36.0 Å². The molecule has 0 N–H and O–H groups in total. The fraction of sp³-hybridized carbons (Fsp3) is 0.211. The van der Waals surface area contributed by atoms with Gasteiger partial charge in [-0.25, -0.2) is 4.98 Å². The summed E-state index contributed by atoms with van der Waals surface area (Å²) in [6, 6.07) is 12.1. The Bertz CT molecular complexity index is 1070. The summed E-state index contributed by atoms with van der Waals surface area (Å²) in [4.78, 5) is 4.80. The van der Waals surface area contributed by atoms with E-state index in [2.05, 4.69) is 74.2 Å². The number of nitrogens with zero attached hydrogens (tertiary/aromatic N) is 4. The monoisotopic (exact) mass is 460 g/mol. The van der Waals surface area contributed by atoms with Gasteiger partial charge in [0.1, 0.15) is 5.01 Å². The average molecular weight is 461 g/mol. The van der Waals surface area contributed by atoms with Crippen molar-refractivity contribution >= 4 is 39.0 Å². The van der Waals surface area contributed by atoms with E-state index < -0.39 is 0 Å². The van der Waals surface area contributed by atoms with Gasteiger partial charge in [-0.3, -0.25) is 4.57 Å². The smallest absolute Gasteiger partial charge is 0.200 e. The van der Waals surface area contributed by atoms with Gasteiger partial charge < -0.3 is 4.42 Å². The van der Waals surface area contributed by atoms with Gasteiger partial charge in [0.05, 0.1) is 5.69 Å². The Morgan fingerprint density at radius 2 is 2.04 bits per heavy atom. The molecule has 0 fully saturated rings. The van der Waals surface area contributed by atoms with Crippen molar-refractivity contribution in [2.45, 2.75) is 31.3 Å². The predicted octanol–water partition coefficient (Wildman–Crippen LogP) is 6.04. The zero-order chi connectivity index (χ0) is 18.8. The zero-order valence-electron chi connectivity index (χ0n) is 14.8. The first kappa shape index (κ1) is 18.5. The van der Waals surface area contributed by atoms with Crippen LogP contribution in [-0.4, -0.2) is 19.7 Å². The van der Waals surface area contributed by atoms with Crippen LogP contribution < -0.4 is 0 Å². The highest BCUT2D eigenvalue weighted by atomic mass is 79.9. The fourth-order valence-corrected chi connectivity index (χ4v) is 4.96. The molecule has 4 rings (SSSR count). The molecule has 0 radical (unpaired) electrons. The molecule has 0 bridgehead atoms. The zero-order valence-corrected chi connectivity index (χ0v) is 18.1. The van der Waals surface area contributed by atoms with Crippen LogP contribution >= 0.6 is 39.0 Å². The van der Waals surface area contributed by atoms with E-state index in [0.29, 0.717) is 10.4 Å². The molecule has 0 spiro atoms. The summed E-state index contributed by atoms with van der Waals surface area (Å²) in [5, 5.41) is 12.7. The third-order valence-corrected chi connectivity index (χ3v) is 6.45. The Morgan fingerprint density at radius 1 is 1.19 bits per heavy atom. The van der Waals surface area contributed by atoms with E-state index in [9.17, 15) is 0 Å². The molecule has 3 heterocycles. The van der Waals surface area contributed by atoms with Gasteiger partial charge in [0, 0.05) is 23.2 Å². The number of halogens is 1. The van der Waals surface area contributed by atoms with Crippen LogP contribution in [-0.2, 0) is 12.3 Å². The summed E-state index contributed by atoms with van der Waals surface area (Å²) in [5.74, 6) is 2.20. The van der Waals surface area contributed by atoms with Gasteiger partial charge in [0.25, 0.3) is 0 Å².